The Labute approximate surface area is 277 Å². The van der Waals surface area contributed by atoms with Crippen LogP contribution in [0.5, 0.6) is 0 Å². The number of benzene rings is 7. The summed E-state index contributed by atoms with van der Waals surface area (Å²) in [6, 6.07) is 58.9. The van der Waals surface area contributed by atoms with Gasteiger partial charge in [-0.15, -0.1) is 0 Å². The van der Waals surface area contributed by atoms with E-state index < -0.39 is 0 Å². The van der Waals surface area contributed by atoms with Crippen LogP contribution in [-0.2, 0) is 0 Å². The third-order valence-electron chi connectivity index (χ3n) is 9.36. The fourth-order valence-electron chi connectivity index (χ4n) is 7.23. The van der Waals surface area contributed by atoms with Crippen LogP contribution in [0.1, 0.15) is 11.1 Å². The van der Waals surface area contributed by atoms with Crippen molar-refractivity contribution in [2.45, 2.75) is 0 Å². The van der Waals surface area contributed by atoms with E-state index in [9.17, 15) is 10.5 Å². The van der Waals surface area contributed by atoms with E-state index in [-0.39, 0.29) is 0 Å². The molecule has 0 atom stereocenters. The number of aromatic nitrogens is 2. The molecule has 4 nitrogen and oxygen atoms in total. The topological polar surface area (TPSA) is 57.4 Å². The lowest BCUT2D eigenvalue weighted by Crippen LogP contribution is -1.98. The van der Waals surface area contributed by atoms with Crippen LogP contribution < -0.4 is 0 Å². The average molecular weight is 611 g/mol. The molecular weight excluding hydrogens is 585 g/mol. The molecule has 0 bridgehead atoms. The molecule has 9 aromatic rings. The minimum Gasteiger partial charge on any atom is -0.309 e. The van der Waals surface area contributed by atoms with Crippen LogP contribution in [0.3, 0.4) is 0 Å². The zero-order valence-electron chi connectivity index (χ0n) is 25.8. The minimum atomic E-state index is 0.606. The van der Waals surface area contributed by atoms with Gasteiger partial charge in [-0.1, -0.05) is 103 Å². The molecule has 7 aromatic carbocycles. The minimum absolute atomic E-state index is 0.606. The second kappa shape index (κ2) is 10.9. The molecule has 0 fully saturated rings. The van der Waals surface area contributed by atoms with Crippen molar-refractivity contribution in [3.05, 3.63) is 169 Å². The van der Waals surface area contributed by atoms with Crippen LogP contribution in [-0.4, -0.2) is 9.13 Å². The lowest BCUT2D eigenvalue weighted by atomic mass is 9.97. The number of hydrogen-bond donors (Lipinski definition) is 0. The van der Waals surface area contributed by atoms with E-state index in [1.807, 2.05) is 30.3 Å². The highest BCUT2D eigenvalue weighted by atomic mass is 15.0. The maximum Gasteiger partial charge on any atom is 0.0992 e. The molecule has 0 N–H and O–H groups in total. The predicted octanol–water partition coefficient (Wildman–Crippen LogP) is 11.0. The first-order valence-corrected chi connectivity index (χ1v) is 15.9. The fourth-order valence-corrected chi connectivity index (χ4v) is 7.23. The molecule has 2 heterocycles. The second-order valence-corrected chi connectivity index (χ2v) is 12.0. The lowest BCUT2D eigenvalue weighted by Gasteiger charge is -2.15. The maximum atomic E-state index is 10.1. The highest BCUT2D eigenvalue weighted by Gasteiger charge is 2.17. The molecule has 2 aromatic heterocycles. The average Bonchev–Trinajstić information content (AvgIpc) is 3.67. The summed E-state index contributed by atoms with van der Waals surface area (Å²) in [6.07, 6.45) is 0. The molecule has 0 saturated carbocycles. The number of para-hydroxylation sites is 4. The third-order valence-corrected chi connectivity index (χ3v) is 9.36. The van der Waals surface area contributed by atoms with Crippen LogP contribution in [0.25, 0.3) is 77.2 Å². The summed E-state index contributed by atoms with van der Waals surface area (Å²) in [5, 5.41) is 24.7. The van der Waals surface area contributed by atoms with Crippen molar-refractivity contribution in [3.8, 4) is 45.8 Å². The van der Waals surface area contributed by atoms with Gasteiger partial charge in [0.15, 0.2) is 0 Å². The smallest absolute Gasteiger partial charge is 0.0992 e. The fraction of sp³-hybridized carbons (Fsp3) is 0. The summed E-state index contributed by atoms with van der Waals surface area (Å²) in [6.45, 7) is 0. The first-order chi connectivity index (χ1) is 23.7. The Morgan fingerprint density at radius 1 is 0.375 bits per heavy atom. The Bertz CT molecular complexity index is 2690. The van der Waals surface area contributed by atoms with Gasteiger partial charge < -0.3 is 9.13 Å². The van der Waals surface area contributed by atoms with Crippen molar-refractivity contribution in [1.29, 1.82) is 10.5 Å². The second-order valence-electron chi connectivity index (χ2n) is 12.0. The zero-order chi connectivity index (χ0) is 32.2. The van der Waals surface area contributed by atoms with E-state index in [2.05, 4.69) is 149 Å². The summed E-state index contributed by atoms with van der Waals surface area (Å²) < 4.78 is 4.52. The van der Waals surface area contributed by atoms with Gasteiger partial charge in [0, 0.05) is 32.8 Å². The monoisotopic (exact) mass is 610 g/mol. The summed E-state index contributed by atoms with van der Waals surface area (Å²) in [5.41, 5.74) is 11.6. The Morgan fingerprint density at radius 3 is 1.38 bits per heavy atom. The Hall–Kier alpha value is -6.88. The number of fused-ring (bicyclic) bond motifs is 6. The number of rotatable bonds is 4. The first-order valence-electron chi connectivity index (χ1n) is 15.9. The van der Waals surface area contributed by atoms with Crippen LogP contribution in [0.15, 0.2) is 158 Å². The molecule has 0 amide bonds. The van der Waals surface area contributed by atoms with Gasteiger partial charge >= 0.3 is 0 Å². The molecular formula is C44H26N4. The Kier molecular flexibility index (Phi) is 6.22. The molecule has 0 radical (unpaired) electrons. The van der Waals surface area contributed by atoms with Gasteiger partial charge in [0.25, 0.3) is 0 Å². The van der Waals surface area contributed by atoms with Crippen LogP contribution in [0.4, 0.5) is 0 Å². The summed E-state index contributed by atoms with van der Waals surface area (Å²) in [5.74, 6) is 0. The van der Waals surface area contributed by atoms with Gasteiger partial charge in [-0.2, -0.15) is 10.5 Å². The van der Waals surface area contributed by atoms with E-state index in [1.54, 1.807) is 0 Å². The van der Waals surface area contributed by atoms with E-state index in [0.29, 0.717) is 11.1 Å². The number of nitrogens with zero attached hydrogens (tertiary/aromatic N) is 4. The summed E-state index contributed by atoms with van der Waals surface area (Å²) >= 11 is 0. The van der Waals surface area contributed by atoms with Gasteiger partial charge in [-0.05, 0) is 71.3 Å². The van der Waals surface area contributed by atoms with Gasteiger partial charge in [0.1, 0.15) is 0 Å². The van der Waals surface area contributed by atoms with Crippen LogP contribution in [0.2, 0.25) is 0 Å². The maximum absolute atomic E-state index is 10.1. The summed E-state index contributed by atoms with van der Waals surface area (Å²) in [4.78, 5) is 0. The highest BCUT2D eigenvalue weighted by molar-refractivity contribution is 6.10. The largest absolute Gasteiger partial charge is 0.309 e. The van der Waals surface area contributed by atoms with Crippen molar-refractivity contribution < 1.29 is 0 Å². The number of hydrogen-bond acceptors (Lipinski definition) is 2. The normalized spacial score (nSPS) is 11.3. The Morgan fingerprint density at radius 2 is 0.854 bits per heavy atom. The third kappa shape index (κ3) is 4.22. The standard InChI is InChI=1S/C44H26N4/c45-27-29-17-22-35(44(25-29)48-42-15-7-3-11-38(42)39-12-4-8-16-43(39)48)32-20-18-31(19-21-32)33-23-30(28-46)24-34(26-33)47-40-13-5-1-9-36(40)37-10-2-6-14-41(37)47/h1-26H. The lowest BCUT2D eigenvalue weighted by molar-refractivity contribution is 1.18. The van der Waals surface area contributed by atoms with Crippen LogP contribution >= 0.6 is 0 Å². The molecule has 48 heavy (non-hydrogen) atoms. The summed E-state index contributed by atoms with van der Waals surface area (Å²) in [7, 11) is 0. The molecule has 0 aliphatic heterocycles. The SMILES string of the molecule is N#Cc1cc(-c2ccc(-c3ccc(C#N)cc3-n3c4ccccc4c4ccccc43)cc2)cc(-n2c3ccccc3c3ccccc32)c1. The molecule has 0 unspecified atom stereocenters. The van der Waals surface area contributed by atoms with Crippen molar-refractivity contribution in [1.82, 2.24) is 9.13 Å². The van der Waals surface area contributed by atoms with Gasteiger partial charge in [-0.25, -0.2) is 0 Å². The van der Waals surface area contributed by atoms with Gasteiger partial charge in [0.05, 0.1) is 51.0 Å². The quantitative estimate of drug-likeness (QED) is 0.199. The molecule has 222 valence electrons. The predicted molar refractivity (Wildman–Crippen MR) is 195 cm³/mol. The molecule has 0 saturated heterocycles. The highest BCUT2D eigenvalue weighted by Crippen LogP contribution is 2.38. The molecule has 0 aliphatic carbocycles. The molecule has 9 rings (SSSR count). The molecule has 0 spiro atoms. The van der Waals surface area contributed by atoms with E-state index in [4.69, 9.17) is 0 Å². The van der Waals surface area contributed by atoms with Gasteiger partial charge in [0.2, 0.25) is 0 Å². The van der Waals surface area contributed by atoms with Crippen molar-refractivity contribution >= 4 is 43.6 Å². The zero-order valence-corrected chi connectivity index (χ0v) is 25.8. The van der Waals surface area contributed by atoms with Gasteiger partial charge in [-0.3, -0.25) is 0 Å². The van der Waals surface area contributed by atoms with Crippen molar-refractivity contribution in [2.75, 3.05) is 0 Å². The number of nitriles is 2. The molecule has 4 heteroatoms. The Balaban J connectivity index is 1.19. The first kappa shape index (κ1) is 27.4. The van der Waals surface area contributed by atoms with Crippen molar-refractivity contribution in [3.63, 3.8) is 0 Å². The van der Waals surface area contributed by atoms with Crippen molar-refractivity contribution in [2.24, 2.45) is 0 Å². The molecule has 0 aliphatic rings. The van der Waals surface area contributed by atoms with Crippen LogP contribution in [0, 0.1) is 22.7 Å². The van der Waals surface area contributed by atoms with E-state index >= 15 is 0 Å². The van der Waals surface area contributed by atoms with E-state index in [1.165, 1.54) is 21.5 Å². The van der Waals surface area contributed by atoms with E-state index in [0.717, 1.165) is 55.7 Å².